The van der Waals surface area contributed by atoms with Gasteiger partial charge in [0.15, 0.2) is 5.69 Å². The first kappa shape index (κ1) is 22.1. The average molecular weight is 428 g/mol. The maximum atomic E-state index is 13.0. The van der Waals surface area contributed by atoms with E-state index in [1.54, 1.807) is 4.90 Å². The zero-order chi connectivity index (χ0) is 20.9. The van der Waals surface area contributed by atoms with E-state index >= 15 is 0 Å². The lowest BCUT2D eigenvalue weighted by Gasteiger charge is -2.31. The van der Waals surface area contributed by atoms with E-state index in [9.17, 15) is 9.59 Å². The van der Waals surface area contributed by atoms with Crippen LogP contribution in [0, 0.1) is 5.41 Å². The molecule has 0 bridgehead atoms. The predicted octanol–water partition coefficient (Wildman–Crippen LogP) is 2.36. The van der Waals surface area contributed by atoms with Gasteiger partial charge >= 0.3 is 0 Å². The van der Waals surface area contributed by atoms with E-state index in [4.69, 9.17) is 25.5 Å². The highest BCUT2D eigenvalue weighted by molar-refractivity contribution is 6.19. The van der Waals surface area contributed by atoms with Crippen molar-refractivity contribution in [3.63, 3.8) is 0 Å². The van der Waals surface area contributed by atoms with Crippen molar-refractivity contribution in [2.45, 2.75) is 58.3 Å². The summed E-state index contributed by atoms with van der Waals surface area (Å²) in [6.07, 6.45) is 5.23. The van der Waals surface area contributed by atoms with E-state index in [-0.39, 0.29) is 42.1 Å². The Balaban J connectivity index is 1.62. The molecule has 0 radical (unpaired) electrons. The van der Waals surface area contributed by atoms with Crippen LogP contribution in [-0.4, -0.2) is 66.1 Å². The van der Waals surface area contributed by atoms with Gasteiger partial charge in [0.1, 0.15) is 6.26 Å². The van der Waals surface area contributed by atoms with Crippen molar-refractivity contribution in [3.05, 3.63) is 17.8 Å². The number of oxazole rings is 1. The Morgan fingerprint density at radius 1 is 1.24 bits per heavy atom. The molecule has 2 saturated heterocycles. The van der Waals surface area contributed by atoms with Gasteiger partial charge in [0.2, 0.25) is 11.8 Å². The number of carbonyl (C=O) groups is 2. The molecule has 1 aromatic heterocycles. The van der Waals surface area contributed by atoms with Crippen molar-refractivity contribution in [2.75, 3.05) is 32.2 Å². The van der Waals surface area contributed by atoms with Gasteiger partial charge in [-0.05, 0) is 39.5 Å². The molecule has 1 N–H and O–H groups in total. The Labute approximate surface area is 176 Å². The van der Waals surface area contributed by atoms with E-state index in [1.165, 1.54) is 6.26 Å². The summed E-state index contributed by atoms with van der Waals surface area (Å²) in [4.78, 5) is 31.3. The van der Waals surface area contributed by atoms with Gasteiger partial charge in [-0.25, -0.2) is 4.98 Å². The normalized spacial score (nSPS) is 22.0. The van der Waals surface area contributed by atoms with Crippen LogP contribution in [0.15, 0.2) is 10.7 Å². The average Bonchev–Trinajstić information content (AvgIpc) is 3.47. The predicted molar refractivity (Wildman–Crippen MR) is 107 cm³/mol. The molecule has 2 atom stereocenters. The summed E-state index contributed by atoms with van der Waals surface area (Å²) < 4.78 is 16.7. The molecule has 2 amide bonds. The second kappa shape index (κ2) is 9.91. The lowest BCUT2D eigenvalue weighted by atomic mass is 9.94. The number of alkyl halides is 1. The SMILES string of the molecule is CC(C)(CCl)C(=O)N(Cc1nc(C(=O)NC[C@H]2CCCO2)co1)C[C@@H]1CCCO1. The third kappa shape index (κ3) is 5.93. The van der Waals surface area contributed by atoms with E-state index < -0.39 is 5.41 Å². The van der Waals surface area contributed by atoms with Gasteiger partial charge in [-0.2, -0.15) is 0 Å². The number of hydrogen-bond acceptors (Lipinski definition) is 6. The summed E-state index contributed by atoms with van der Waals surface area (Å²) in [5.41, 5.74) is -0.520. The summed E-state index contributed by atoms with van der Waals surface area (Å²) in [5, 5.41) is 2.82. The monoisotopic (exact) mass is 427 g/mol. The number of nitrogens with one attached hydrogen (secondary N) is 1. The van der Waals surface area contributed by atoms with Crippen LogP contribution in [0.3, 0.4) is 0 Å². The minimum atomic E-state index is -0.714. The summed E-state index contributed by atoms with van der Waals surface area (Å²) in [6, 6.07) is 0. The third-order valence-corrected chi connectivity index (χ3v) is 5.94. The number of amides is 2. The van der Waals surface area contributed by atoms with Crippen LogP contribution in [0.4, 0.5) is 0 Å². The second-order valence-electron chi connectivity index (χ2n) is 8.31. The summed E-state index contributed by atoms with van der Waals surface area (Å²) in [7, 11) is 0. The van der Waals surface area contributed by atoms with Gasteiger partial charge in [0, 0.05) is 32.2 Å². The van der Waals surface area contributed by atoms with Gasteiger partial charge in [-0.15, -0.1) is 11.6 Å². The van der Waals surface area contributed by atoms with Crippen LogP contribution in [-0.2, 0) is 20.8 Å². The fourth-order valence-electron chi connectivity index (χ4n) is 3.49. The van der Waals surface area contributed by atoms with Crippen LogP contribution in [0.2, 0.25) is 0 Å². The lowest BCUT2D eigenvalue weighted by molar-refractivity contribution is -0.141. The first-order valence-electron chi connectivity index (χ1n) is 10.2. The van der Waals surface area contributed by atoms with Gasteiger partial charge in [0.05, 0.1) is 24.2 Å². The maximum Gasteiger partial charge on any atom is 0.273 e. The summed E-state index contributed by atoms with van der Waals surface area (Å²) in [5.74, 6) is 0.110. The first-order chi connectivity index (χ1) is 13.9. The molecule has 3 heterocycles. The van der Waals surface area contributed by atoms with Crippen molar-refractivity contribution in [2.24, 2.45) is 5.41 Å². The smallest absolute Gasteiger partial charge is 0.273 e. The molecule has 0 unspecified atom stereocenters. The van der Waals surface area contributed by atoms with E-state index in [2.05, 4.69) is 10.3 Å². The number of hydrogen-bond donors (Lipinski definition) is 1. The lowest BCUT2D eigenvalue weighted by Crippen LogP contribution is -2.44. The van der Waals surface area contributed by atoms with Crippen LogP contribution < -0.4 is 5.32 Å². The number of nitrogens with zero attached hydrogens (tertiary/aromatic N) is 2. The molecule has 2 fully saturated rings. The largest absolute Gasteiger partial charge is 0.446 e. The molecule has 2 aliphatic rings. The van der Waals surface area contributed by atoms with Gasteiger partial charge in [-0.3, -0.25) is 9.59 Å². The van der Waals surface area contributed by atoms with Gasteiger partial charge in [0.25, 0.3) is 5.91 Å². The van der Waals surface area contributed by atoms with Crippen molar-refractivity contribution in [1.29, 1.82) is 0 Å². The zero-order valence-electron chi connectivity index (χ0n) is 17.1. The molecule has 0 aromatic carbocycles. The quantitative estimate of drug-likeness (QED) is 0.608. The Hall–Kier alpha value is -1.64. The third-order valence-electron chi connectivity index (χ3n) is 5.27. The molecule has 0 saturated carbocycles. The number of aromatic nitrogens is 1. The van der Waals surface area contributed by atoms with Gasteiger partial charge in [-0.1, -0.05) is 0 Å². The zero-order valence-corrected chi connectivity index (χ0v) is 17.9. The molecule has 2 aliphatic heterocycles. The van der Waals surface area contributed by atoms with Crippen LogP contribution >= 0.6 is 11.6 Å². The van der Waals surface area contributed by atoms with Crippen LogP contribution in [0.1, 0.15) is 55.9 Å². The minimum absolute atomic E-state index is 0.00535. The van der Waals surface area contributed by atoms with Gasteiger partial charge < -0.3 is 24.1 Å². The Bertz CT molecular complexity index is 696. The molecule has 9 heteroatoms. The highest BCUT2D eigenvalue weighted by Gasteiger charge is 2.34. The Kier molecular flexibility index (Phi) is 7.54. The minimum Gasteiger partial charge on any atom is -0.446 e. The molecule has 0 spiro atoms. The molecule has 29 heavy (non-hydrogen) atoms. The van der Waals surface area contributed by atoms with Crippen molar-refractivity contribution in [1.82, 2.24) is 15.2 Å². The summed E-state index contributed by atoms with van der Waals surface area (Å²) >= 11 is 6.01. The molecule has 3 rings (SSSR count). The Morgan fingerprint density at radius 2 is 1.93 bits per heavy atom. The summed E-state index contributed by atoms with van der Waals surface area (Å²) in [6.45, 7) is 6.13. The maximum absolute atomic E-state index is 13.0. The second-order valence-corrected chi connectivity index (χ2v) is 8.58. The number of carbonyl (C=O) groups excluding carboxylic acids is 2. The van der Waals surface area contributed by atoms with Crippen molar-refractivity contribution >= 4 is 23.4 Å². The van der Waals surface area contributed by atoms with Crippen molar-refractivity contribution in [3.8, 4) is 0 Å². The number of rotatable bonds is 9. The highest BCUT2D eigenvalue weighted by Crippen LogP contribution is 2.24. The topological polar surface area (TPSA) is 93.9 Å². The Morgan fingerprint density at radius 3 is 2.55 bits per heavy atom. The molecule has 0 aliphatic carbocycles. The standard InChI is InChI=1S/C20H30ClN3O5/c1-20(2,13-21)19(26)24(10-15-6-4-8-28-15)11-17-23-16(12-29-17)18(25)22-9-14-5-3-7-27-14/h12,14-15H,3-11,13H2,1-2H3,(H,22,25)/t14-,15+/m1/s1. The highest BCUT2D eigenvalue weighted by atomic mass is 35.5. The molecular weight excluding hydrogens is 398 g/mol. The van der Waals surface area contributed by atoms with Crippen LogP contribution in [0.25, 0.3) is 0 Å². The molecule has 162 valence electrons. The molecule has 8 nitrogen and oxygen atoms in total. The number of ether oxygens (including phenoxy) is 2. The van der Waals surface area contributed by atoms with Crippen molar-refractivity contribution < 1.29 is 23.5 Å². The molecular formula is C20H30ClN3O5. The van der Waals surface area contributed by atoms with E-state index in [0.29, 0.717) is 25.6 Å². The fourth-order valence-corrected chi connectivity index (χ4v) is 3.61. The first-order valence-corrected chi connectivity index (χ1v) is 10.7. The van der Waals surface area contributed by atoms with Crippen LogP contribution in [0.5, 0.6) is 0 Å². The van der Waals surface area contributed by atoms with E-state index in [0.717, 1.165) is 32.3 Å². The fraction of sp³-hybridized carbons (Fsp3) is 0.750. The van der Waals surface area contributed by atoms with E-state index in [1.807, 2.05) is 13.8 Å². The molecule has 1 aromatic rings. The number of halogens is 1.